The molecule has 2 heterocycles. The zero-order chi connectivity index (χ0) is 48.7. The normalized spacial score (nSPS) is 12.3. The fourth-order valence-electron chi connectivity index (χ4n) is 4.06. The number of rotatable bonds is 12. The van der Waals surface area contributed by atoms with Crippen LogP contribution < -0.4 is 30.7 Å². The van der Waals surface area contributed by atoms with Gasteiger partial charge in [-0.25, -0.2) is 22.6 Å². The van der Waals surface area contributed by atoms with E-state index in [-0.39, 0.29) is 39.1 Å². The van der Waals surface area contributed by atoms with Gasteiger partial charge >= 0.3 is 36.1 Å². The van der Waals surface area contributed by atoms with Crippen molar-refractivity contribution in [3.63, 3.8) is 0 Å². The number of carbonyl (C=O) groups excluding carboxylic acids is 1. The maximum Gasteiger partial charge on any atom is 0.416 e. The monoisotopic (exact) mass is 1000 g/mol. The van der Waals surface area contributed by atoms with E-state index in [1.54, 1.807) is 4.72 Å². The molecule has 0 spiro atoms. The second-order valence-corrected chi connectivity index (χ2v) is 18.7. The molecule has 0 saturated heterocycles. The molecule has 2 amide bonds. The smallest absolute Gasteiger partial charge is 0.416 e. The highest BCUT2D eigenvalue weighted by Crippen LogP contribution is 2.39. The van der Waals surface area contributed by atoms with E-state index in [4.69, 9.17) is 43.7 Å². The first kappa shape index (κ1) is 56.0. The first-order valence-electron chi connectivity index (χ1n) is 16.5. The van der Waals surface area contributed by atoms with Gasteiger partial charge in [-0.3, -0.25) is 25.5 Å². The molecule has 63 heavy (non-hydrogen) atoms. The van der Waals surface area contributed by atoms with Crippen LogP contribution in [0.3, 0.4) is 0 Å². The lowest BCUT2D eigenvalue weighted by Gasteiger charge is -2.14. The van der Waals surface area contributed by atoms with Gasteiger partial charge in [-0.2, -0.15) is 46.4 Å². The summed E-state index contributed by atoms with van der Waals surface area (Å²) in [5.41, 5.74) is 3.71. The van der Waals surface area contributed by atoms with E-state index >= 15 is 0 Å². The SMILES string of the molecule is COc1nc(C)nc(NC(=O)NS(=O)(=O)c2ccccc2CCC(F)(F)F)n1.C[S+](C)C.Nc1c([N+](=O)[O-])cnn1-c1c(Cl)cc(C(F)(F)F)cc1Cl.O=C(O)CNCP(=O)([O-])O. The summed E-state index contributed by atoms with van der Waals surface area (Å²) in [4.78, 5) is 60.6. The highest BCUT2D eigenvalue weighted by atomic mass is 35.5. The Kier molecular flexibility index (Phi) is 21.5. The Morgan fingerprint density at radius 2 is 1.62 bits per heavy atom. The van der Waals surface area contributed by atoms with E-state index in [1.807, 2.05) is 5.32 Å². The van der Waals surface area contributed by atoms with Gasteiger partial charge in [0, 0.05) is 6.42 Å². The minimum absolute atomic E-state index is 0.0715. The third-order valence-corrected chi connectivity index (χ3v) is 9.06. The van der Waals surface area contributed by atoms with Crippen molar-refractivity contribution in [3.05, 3.63) is 79.7 Å². The number of nitrogens with two attached hydrogens (primary N) is 1. The zero-order valence-electron chi connectivity index (χ0n) is 33.0. The standard InChI is InChI=1S/C15H16F3N5O4S.C10H5Cl2F3N4O2.C3H8NO5P.C3H9S/c1-9-19-12(22-14(20-9)27-2)21-13(24)23-28(25,26)11-6-4-3-5-10(11)7-8-15(16,17)18;11-5-1-4(10(13,14)15)2-6(12)8(5)18-9(16)7(3-17-18)19(20)21;5-3(6)1-4-2-10(7,8)9;1-4(2)3/h3-6H,7-8H2,1-2H3,(H2,19,20,21,22,23,24);1-3H,16H2;4H,1-2H2,(H,5,6)(H2,7,8,9);1-3H3/q;;;+1/p-1. The van der Waals surface area contributed by atoms with Gasteiger partial charge in [-0.15, -0.1) is 0 Å². The number of alkyl halides is 6. The van der Waals surface area contributed by atoms with Crippen LogP contribution in [-0.4, -0.2) is 105 Å². The van der Waals surface area contributed by atoms with Crippen molar-refractivity contribution in [2.75, 3.05) is 49.8 Å². The second-order valence-electron chi connectivity index (χ2n) is 12.2. The number of anilines is 2. The molecule has 0 aliphatic carbocycles. The zero-order valence-corrected chi connectivity index (χ0v) is 37.0. The number of urea groups is 1. The van der Waals surface area contributed by atoms with Gasteiger partial charge in [0.1, 0.15) is 25.3 Å². The van der Waals surface area contributed by atoms with Crippen LogP contribution in [0.4, 0.5) is 48.6 Å². The molecule has 0 radical (unpaired) electrons. The molecule has 0 aliphatic heterocycles. The molecule has 0 saturated carbocycles. The first-order chi connectivity index (χ1) is 28.8. The van der Waals surface area contributed by atoms with E-state index in [0.29, 0.717) is 23.0 Å². The number of benzene rings is 2. The number of hydrogen-bond donors (Lipinski definition) is 6. The summed E-state index contributed by atoms with van der Waals surface area (Å²) in [6.45, 7) is 1.02. The number of ether oxygens (including phenoxy) is 1. The van der Waals surface area contributed by atoms with Crippen LogP contribution in [0.15, 0.2) is 47.5 Å². The predicted octanol–water partition coefficient (Wildman–Crippen LogP) is 4.54. The average Bonchev–Trinajstić information content (AvgIpc) is 3.49. The van der Waals surface area contributed by atoms with Crippen LogP contribution in [0, 0.1) is 17.0 Å². The van der Waals surface area contributed by atoms with E-state index < -0.39 is 94.5 Å². The molecule has 7 N–H and O–H groups in total. The second kappa shape index (κ2) is 24.1. The van der Waals surface area contributed by atoms with Gasteiger partial charge in [0.05, 0.1) is 64.1 Å². The lowest BCUT2D eigenvalue weighted by Crippen LogP contribution is -2.35. The largest absolute Gasteiger partial charge is 0.778 e. The molecule has 1 unspecified atom stereocenters. The van der Waals surface area contributed by atoms with Crippen molar-refractivity contribution in [3.8, 4) is 11.7 Å². The van der Waals surface area contributed by atoms with E-state index in [9.17, 15) is 63.9 Å². The number of halogens is 8. The van der Waals surface area contributed by atoms with Gasteiger partial charge in [-0.05, 0) is 48.0 Å². The van der Waals surface area contributed by atoms with Crippen molar-refractivity contribution in [1.82, 2.24) is 34.8 Å². The number of methoxy groups -OCH3 is 1. The molecule has 0 bridgehead atoms. The van der Waals surface area contributed by atoms with Crippen LogP contribution in [-0.2, 0) is 42.9 Å². The number of nitrogens with zero attached hydrogens (tertiary/aromatic N) is 6. The van der Waals surface area contributed by atoms with Crippen LogP contribution >= 0.6 is 30.8 Å². The van der Waals surface area contributed by atoms with Gasteiger partial charge in [0.2, 0.25) is 11.8 Å². The summed E-state index contributed by atoms with van der Waals surface area (Å²) in [7, 11) is -6.85. The Hall–Kier alpha value is -5.03. The topological polar surface area (TPSA) is 320 Å². The maximum atomic E-state index is 12.6. The Balaban J connectivity index is 0.000000496. The predicted molar refractivity (Wildman–Crippen MR) is 216 cm³/mol. The lowest BCUT2D eigenvalue weighted by atomic mass is 10.1. The molecule has 4 aromatic rings. The lowest BCUT2D eigenvalue weighted by molar-refractivity contribution is -0.383. The number of carboxylic acid groups (broad SMARTS) is 1. The molecule has 350 valence electrons. The highest BCUT2D eigenvalue weighted by Gasteiger charge is 2.33. The summed E-state index contributed by atoms with van der Waals surface area (Å²) in [6.07, 6.45) is -4.11. The first-order valence-corrected chi connectivity index (χ1v) is 23.0. The molecule has 0 fully saturated rings. The maximum absolute atomic E-state index is 12.6. The minimum Gasteiger partial charge on any atom is -0.778 e. The molecular weight excluding hydrogens is 968 g/mol. The quantitative estimate of drug-likeness (QED) is 0.0373. The summed E-state index contributed by atoms with van der Waals surface area (Å²) < 4.78 is 117. The van der Waals surface area contributed by atoms with Crippen LogP contribution in [0.1, 0.15) is 23.4 Å². The van der Waals surface area contributed by atoms with Gasteiger partial charge in [0.25, 0.3) is 10.0 Å². The molecule has 32 heteroatoms. The van der Waals surface area contributed by atoms with Crippen LogP contribution in [0.25, 0.3) is 5.69 Å². The number of hydrogen-bond acceptors (Lipinski definition) is 15. The summed E-state index contributed by atoms with van der Waals surface area (Å²) in [5, 5.41) is 25.6. The number of amides is 2. The number of aromatic nitrogens is 5. The molecule has 2 aromatic carbocycles. The Morgan fingerprint density at radius 1 is 1.06 bits per heavy atom. The number of aliphatic carboxylic acids is 1. The van der Waals surface area contributed by atoms with E-state index in [1.165, 1.54) is 32.2 Å². The molecule has 2 aromatic heterocycles. The number of aryl methyl sites for hydroxylation is 2. The summed E-state index contributed by atoms with van der Waals surface area (Å²) in [5.74, 6) is -1.62. The average molecular weight is 1010 g/mol. The number of sulfonamides is 1. The third kappa shape index (κ3) is 20.8. The number of nitrogens with one attached hydrogen (secondary N) is 3. The highest BCUT2D eigenvalue weighted by molar-refractivity contribution is 7.94. The van der Waals surface area contributed by atoms with Crippen molar-refractivity contribution in [2.45, 2.75) is 37.0 Å². The van der Waals surface area contributed by atoms with Crippen LogP contribution in [0.5, 0.6) is 6.01 Å². The molecule has 21 nitrogen and oxygen atoms in total. The van der Waals surface area contributed by atoms with Gasteiger partial charge in [-0.1, -0.05) is 41.4 Å². The number of carboxylic acids is 1. The fraction of sp³-hybridized carbons (Fsp3) is 0.355. The molecule has 1 atom stereocenters. The van der Waals surface area contributed by atoms with Crippen molar-refractivity contribution < 1.29 is 73.5 Å². The van der Waals surface area contributed by atoms with Gasteiger partial charge < -0.3 is 29.9 Å². The number of carbonyl (C=O) groups is 2. The molecule has 0 aliphatic rings. The van der Waals surface area contributed by atoms with E-state index in [2.05, 4.69) is 44.1 Å². The fourth-order valence-corrected chi connectivity index (χ4v) is 6.28. The van der Waals surface area contributed by atoms with Crippen LogP contribution in [0.2, 0.25) is 10.0 Å². The third-order valence-electron chi connectivity index (χ3n) is 6.43. The molecule has 4 rings (SSSR count). The number of nitro groups is 1. The summed E-state index contributed by atoms with van der Waals surface area (Å²) in [6, 6.07) is 5.08. The Labute approximate surface area is 366 Å². The van der Waals surface area contributed by atoms with Crippen molar-refractivity contribution >= 4 is 81.2 Å². The van der Waals surface area contributed by atoms with Crippen molar-refractivity contribution in [2.24, 2.45) is 0 Å². The summed E-state index contributed by atoms with van der Waals surface area (Å²) >= 11 is 11.5. The minimum atomic E-state index is -4.63. The van der Waals surface area contributed by atoms with E-state index in [0.717, 1.165) is 16.9 Å². The Bertz CT molecular complexity index is 2350. The Morgan fingerprint density at radius 3 is 2.08 bits per heavy atom. The van der Waals surface area contributed by atoms with Crippen molar-refractivity contribution in [1.29, 1.82) is 0 Å². The van der Waals surface area contributed by atoms with Gasteiger partial charge in [0.15, 0.2) is 0 Å². The molecular formula is C31H37Cl2F6N10O11PS2. The number of nitrogen functional groups attached to an aromatic ring is 1.